The lowest BCUT2D eigenvalue weighted by Crippen LogP contribution is -2.41. The summed E-state index contributed by atoms with van der Waals surface area (Å²) in [5.41, 5.74) is 2.10. The summed E-state index contributed by atoms with van der Waals surface area (Å²) in [5.74, 6) is 1.34. The third-order valence-corrected chi connectivity index (χ3v) is 6.20. The Morgan fingerprint density at radius 1 is 1.20 bits per heavy atom. The van der Waals surface area contributed by atoms with Crippen molar-refractivity contribution in [1.29, 1.82) is 0 Å². The van der Waals surface area contributed by atoms with Crippen molar-refractivity contribution >= 4 is 38.4 Å². The highest BCUT2D eigenvalue weighted by Crippen LogP contribution is 2.28. The second-order valence-corrected chi connectivity index (χ2v) is 8.50. The van der Waals surface area contributed by atoms with Crippen LogP contribution in [0.3, 0.4) is 0 Å². The normalized spacial score (nSPS) is 16.7. The van der Waals surface area contributed by atoms with Gasteiger partial charge in [-0.05, 0) is 55.7 Å². The number of hydrogen-bond acceptors (Lipinski definition) is 7. The summed E-state index contributed by atoms with van der Waals surface area (Å²) in [5, 5.41) is 16.4. The van der Waals surface area contributed by atoms with E-state index in [2.05, 4.69) is 43.5 Å². The van der Waals surface area contributed by atoms with Gasteiger partial charge in [0.05, 0.1) is 16.1 Å². The highest BCUT2D eigenvalue weighted by atomic mass is 32.1. The SMILES string of the molecule is Cc1ccc2nc(NC(=O)[C@@H]3CCCN(c4ccc(-n5cccn5)nn4)C3)sc2c1. The van der Waals surface area contributed by atoms with Gasteiger partial charge in [0, 0.05) is 25.5 Å². The molecule has 3 aromatic heterocycles. The molecule has 1 atom stereocenters. The molecule has 4 heterocycles. The molecule has 0 saturated carbocycles. The molecular weight excluding hydrogens is 398 g/mol. The molecule has 1 fully saturated rings. The minimum Gasteiger partial charge on any atom is -0.354 e. The average Bonchev–Trinajstić information content (AvgIpc) is 3.43. The van der Waals surface area contributed by atoms with Crippen LogP contribution in [0.1, 0.15) is 18.4 Å². The van der Waals surface area contributed by atoms with E-state index in [0.29, 0.717) is 17.5 Å². The van der Waals surface area contributed by atoms with Crippen molar-refractivity contribution in [3.05, 3.63) is 54.4 Å². The van der Waals surface area contributed by atoms with Gasteiger partial charge in [0.15, 0.2) is 16.8 Å². The second-order valence-electron chi connectivity index (χ2n) is 7.46. The quantitative estimate of drug-likeness (QED) is 0.545. The number of piperidine rings is 1. The number of nitrogens with one attached hydrogen (secondary N) is 1. The zero-order valence-corrected chi connectivity index (χ0v) is 17.3. The summed E-state index contributed by atoms with van der Waals surface area (Å²) in [6.45, 7) is 3.53. The number of amides is 1. The summed E-state index contributed by atoms with van der Waals surface area (Å²) in [4.78, 5) is 19.5. The van der Waals surface area contributed by atoms with Crippen LogP contribution in [0, 0.1) is 12.8 Å². The molecule has 0 unspecified atom stereocenters. The first-order valence-electron chi connectivity index (χ1n) is 9.92. The fourth-order valence-corrected chi connectivity index (χ4v) is 4.67. The molecule has 152 valence electrons. The lowest BCUT2D eigenvalue weighted by molar-refractivity contribution is -0.120. The Balaban J connectivity index is 1.26. The summed E-state index contributed by atoms with van der Waals surface area (Å²) in [6.07, 6.45) is 5.31. The maximum Gasteiger partial charge on any atom is 0.231 e. The molecule has 1 aromatic carbocycles. The number of thiazole rings is 1. The monoisotopic (exact) mass is 419 g/mol. The fraction of sp³-hybridized carbons (Fsp3) is 0.286. The molecule has 30 heavy (non-hydrogen) atoms. The average molecular weight is 420 g/mol. The molecule has 8 nitrogen and oxygen atoms in total. The molecule has 1 aliphatic rings. The highest BCUT2D eigenvalue weighted by Gasteiger charge is 2.27. The lowest BCUT2D eigenvalue weighted by Gasteiger charge is -2.32. The van der Waals surface area contributed by atoms with Crippen LogP contribution in [0.5, 0.6) is 0 Å². The van der Waals surface area contributed by atoms with Crippen molar-refractivity contribution in [2.45, 2.75) is 19.8 Å². The Morgan fingerprint density at radius 2 is 2.07 bits per heavy atom. The van der Waals surface area contributed by atoms with Crippen LogP contribution < -0.4 is 10.2 Å². The van der Waals surface area contributed by atoms with E-state index < -0.39 is 0 Å². The Kier molecular flexibility index (Phi) is 4.88. The van der Waals surface area contributed by atoms with Crippen LogP contribution >= 0.6 is 11.3 Å². The molecule has 4 aromatic rings. The van der Waals surface area contributed by atoms with E-state index in [1.807, 2.05) is 36.5 Å². The predicted octanol–water partition coefficient (Wildman–Crippen LogP) is 3.44. The number of carbonyl (C=O) groups is 1. The molecule has 1 saturated heterocycles. The van der Waals surface area contributed by atoms with Crippen molar-refractivity contribution < 1.29 is 4.79 Å². The first-order chi connectivity index (χ1) is 14.7. The number of aromatic nitrogens is 5. The van der Waals surface area contributed by atoms with Gasteiger partial charge in [-0.15, -0.1) is 10.2 Å². The van der Waals surface area contributed by atoms with Crippen molar-refractivity contribution in [1.82, 2.24) is 25.0 Å². The van der Waals surface area contributed by atoms with Crippen molar-refractivity contribution in [3.63, 3.8) is 0 Å². The molecule has 5 rings (SSSR count). The van der Waals surface area contributed by atoms with Crippen LogP contribution in [0.2, 0.25) is 0 Å². The van der Waals surface area contributed by atoms with Gasteiger partial charge in [0.2, 0.25) is 5.91 Å². The van der Waals surface area contributed by atoms with E-state index in [4.69, 9.17) is 0 Å². The van der Waals surface area contributed by atoms with Gasteiger partial charge in [-0.2, -0.15) is 5.10 Å². The minimum absolute atomic E-state index is 0.0107. The molecule has 0 spiro atoms. The summed E-state index contributed by atoms with van der Waals surface area (Å²) < 4.78 is 2.76. The maximum atomic E-state index is 12.9. The number of aryl methyl sites for hydroxylation is 1. The van der Waals surface area contributed by atoms with Gasteiger partial charge >= 0.3 is 0 Å². The van der Waals surface area contributed by atoms with Gasteiger partial charge in [-0.3, -0.25) is 4.79 Å². The molecular formula is C21H21N7OS. The van der Waals surface area contributed by atoms with Gasteiger partial charge in [-0.1, -0.05) is 17.4 Å². The Morgan fingerprint density at radius 3 is 2.87 bits per heavy atom. The van der Waals surface area contributed by atoms with Crippen molar-refractivity contribution in [2.24, 2.45) is 5.92 Å². The zero-order valence-electron chi connectivity index (χ0n) is 16.5. The fourth-order valence-electron chi connectivity index (χ4n) is 3.71. The number of benzene rings is 1. The summed E-state index contributed by atoms with van der Waals surface area (Å²) in [7, 11) is 0. The number of fused-ring (bicyclic) bond motifs is 1. The third kappa shape index (κ3) is 3.76. The largest absolute Gasteiger partial charge is 0.354 e. The standard InChI is InChI=1S/C21H21N7OS/c1-14-5-6-16-17(12-14)30-21(23-16)24-20(29)15-4-2-10-27(13-15)18-7-8-19(26-25-18)28-11-3-9-22-28/h3,5-9,11-12,15H,2,4,10,13H2,1H3,(H,23,24,29)/t15-/m1/s1. The van der Waals surface area contributed by atoms with Gasteiger partial charge in [-0.25, -0.2) is 9.67 Å². The number of rotatable bonds is 4. The molecule has 1 aliphatic heterocycles. The molecule has 0 bridgehead atoms. The number of carbonyl (C=O) groups excluding carboxylic acids is 1. The first kappa shape index (κ1) is 18.7. The van der Waals surface area contributed by atoms with E-state index in [1.165, 1.54) is 16.9 Å². The van der Waals surface area contributed by atoms with Gasteiger partial charge in [0.1, 0.15) is 0 Å². The van der Waals surface area contributed by atoms with E-state index >= 15 is 0 Å². The van der Waals surface area contributed by atoms with Gasteiger partial charge in [0.25, 0.3) is 0 Å². The smallest absolute Gasteiger partial charge is 0.231 e. The minimum atomic E-state index is -0.111. The summed E-state index contributed by atoms with van der Waals surface area (Å²) >= 11 is 1.51. The van der Waals surface area contributed by atoms with Crippen LogP contribution in [-0.4, -0.2) is 44.0 Å². The van der Waals surface area contributed by atoms with E-state index in [0.717, 1.165) is 35.4 Å². The van der Waals surface area contributed by atoms with Crippen LogP contribution in [0.4, 0.5) is 10.9 Å². The molecule has 0 aliphatic carbocycles. The van der Waals surface area contributed by atoms with E-state index in [9.17, 15) is 4.79 Å². The zero-order chi connectivity index (χ0) is 20.5. The third-order valence-electron chi connectivity index (χ3n) is 5.27. The molecule has 1 N–H and O–H groups in total. The molecule has 0 radical (unpaired) electrons. The van der Waals surface area contributed by atoms with Crippen molar-refractivity contribution in [3.8, 4) is 5.82 Å². The van der Waals surface area contributed by atoms with E-state index in [1.54, 1.807) is 10.9 Å². The van der Waals surface area contributed by atoms with E-state index in [-0.39, 0.29) is 11.8 Å². The predicted molar refractivity (Wildman–Crippen MR) is 117 cm³/mol. The van der Waals surface area contributed by atoms with Crippen LogP contribution in [-0.2, 0) is 4.79 Å². The van der Waals surface area contributed by atoms with Crippen LogP contribution in [0.15, 0.2) is 48.8 Å². The number of nitrogens with zero attached hydrogens (tertiary/aromatic N) is 6. The number of anilines is 2. The van der Waals surface area contributed by atoms with Crippen LogP contribution in [0.25, 0.3) is 16.0 Å². The van der Waals surface area contributed by atoms with Crippen molar-refractivity contribution in [2.75, 3.05) is 23.3 Å². The molecule has 1 amide bonds. The molecule has 9 heteroatoms. The Hall–Kier alpha value is -3.33. The Labute approximate surface area is 177 Å². The lowest BCUT2D eigenvalue weighted by atomic mass is 9.97. The first-order valence-corrected chi connectivity index (χ1v) is 10.7. The summed E-state index contributed by atoms with van der Waals surface area (Å²) in [6, 6.07) is 11.8. The van der Waals surface area contributed by atoms with Gasteiger partial charge < -0.3 is 10.2 Å². The topological polar surface area (TPSA) is 88.8 Å². The second kappa shape index (κ2) is 7.83. The number of hydrogen-bond donors (Lipinski definition) is 1. The maximum absolute atomic E-state index is 12.9. The highest BCUT2D eigenvalue weighted by molar-refractivity contribution is 7.22. The Bertz CT molecular complexity index is 1170.